The summed E-state index contributed by atoms with van der Waals surface area (Å²) >= 11 is 0. The standard InChI is InChI=1S/C12H15N3O3/c16-10-3-1-2-5-15-11(10)8-7-14(12(17)18)6-4-9(8)13-15/h1-7H2,(H,17,18). The molecule has 0 unspecified atom stereocenters. The summed E-state index contributed by atoms with van der Waals surface area (Å²) in [6.07, 6.45) is 2.07. The fourth-order valence-electron chi connectivity index (χ4n) is 2.73. The lowest BCUT2D eigenvalue weighted by molar-refractivity contribution is 0.0972. The minimum absolute atomic E-state index is 0.105. The summed E-state index contributed by atoms with van der Waals surface area (Å²) in [4.78, 5) is 24.5. The van der Waals surface area contributed by atoms with Crippen LogP contribution in [0.15, 0.2) is 0 Å². The van der Waals surface area contributed by atoms with Gasteiger partial charge >= 0.3 is 6.09 Å². The molecule has 3 rings (SSSR count). The lowest BCUT2D eigenvalue weighted by Gasteiger charge is -2.23. The van der Waals surface area contributed by atoms with Gasteiger partial charge in [-0.2, -0.15) is 5.10 Å². The number of carbonyl (C=O) groups excluding carboxylic acids is 1. The molecule has 0 aliphatic carbocycles. The van der Waals surface area contributed by atoms with E-state index in [0.717, 1.165) is 30.6 Å². The molecule has 1 aromatic rings. The first kappa shape index (κ1) is 11.3. The molecule has 0 radical (unpaired) electrons. The predicted octanol–water partition coefficient (Wildman–Crippen LogP) is 1.29. The van der Waals surface area contributed by atoms with Gasteiger partial charge in [0.1, 0.15) is 5.69 Å². The number of ketones is 1. The lowest BCUT2D eigenvalue weighted by Crippen LogP contribution is -2.35. The first-order chi connectivity index (χ1) is 8.66. The maximum absolute atomic E-state index is 12.1. The number of hydrogen-bond acceptors (Lipinski definition) is 3. The van der Waals surface area contributed by atoms with Crippen molar-refractivity contribution in [2.75, 3.05) is 6.54 Å². The van der Waals surface area contributed by atoms with Gasteiger partial charge in [0.15, 0.2) is 5.78 Å². The summed E-state index contributed by atoms with van der Waals surface area (Å²) in [7, 11) is 0. The summed E-state index contributed by atoms with van der Waals surface area (Å²) < 4.78 is 1.78. The van der Waals surface area contributed by atoms with Crippen LogP contribution < -0.4 is 0 Å². The highest BCUT2D eigenvalue weighted by molar-refractivity contribution is 5.96. The lowest BCUT2D eigenvalue weighted by atomic mass is 10.0. The van der Waals surface area contributed by atoms with Crippen molar-refractivity contribution >= 4 is 11.9 Å². The molecule has 1 aromatic heterocycles. The Morgan fingerprint density at radius 2 is 2.06 bits per heavy atom. The molecule has 1 N–H and O–H groups in total. The molecule has 18 heavy (non-hydrogen) atoms. The molecule has 6 nitrogen and oxygen atoms in total. The van der Waals surface area contributed by atoms with E-state index in [4.69, 9.17) is 5.11 Å². The summed E-state index contributed by atoms with van der Waals surface area (Å²) in [5, 5.41) is 13.5. The summed E-state index contributed by atoms with van der Waals surface area (Å²) in [5.74, 6) is 0.105. The van der Waals surface area contributed by atoms with E-state index in [1.807, 2.05) is 0 Å². The highest BCUT2D eigenvalue weighted by Crippen LogP contribution is 2.26. The van der Waals surface area contributed by atoms with Gasteiger partial charge < -0.3 is 10.0 Å². The molecule has 0 atom stereocenters. The predicted molar refractivity (Wildman–Crippen MR) is 62.5 cm³/mol. The first-order valence-electron chi connectivity index (χ1n) is 6.26. The normalized spacial score (nSPS) is 19.1. The van der Waals surface area contributed by atoms with Crippen molar-refractivity contribution in [2.24, 2.45) is 0 Å². The molecular formula is C12H15N3O3. The van der Waals surface area contributed by atoms with E-state index in [0.29, 0.717) is 31.6 Å². The van der Waals surface area contributed by atoms with Gasteiger partial charge in [-0.05, 0) is 12.8 Å². The van der Waals surface area contributed by atoms with Crippen molar-refractivity contribution in [2.45, 2.75) is 38.8 Å². The summed E-state index contributed by atoms with van der Waals surface area (Å²) in [6, 6.07) is 0. The average molecular weight is 249 g/mol. The first-order valence-corrected chi connectivity index (χ1v) is 6.26. The Labute approximate surface area is 104 Å². The molecule has 0 aromatic carbocycles. The van der Waals surface area contributed by atoms with E-state index >= 15 is 0 Å². The highest BCUT2D eigenvalue weighted by atomic mass is 16.4. The topological polar surface area (TPSA) is 75.4 Å². The Balaban J connectivity index is 2.02. The van der Waals surface area contributed by atoms with Gasteiger partial charge in [0.2, 0.25) is 0 Å². The zero-order chi connectivity index (χ0) is 12.7. The van der Waals surface area contributed by atoms with Crippen LogP contribution in [-0.4, -0.2) is 38.2 Å². The number of nitrogens with zero attached hydrogens (tertiary/aromatic N) is 3. The third kappa shape index (κ3) is 1.68. The molecule has 2 aliphatic heterocycles. The van der Waals surface area contributed by atoms with Gasteiger partial charge in [0.25, 0.3) is 0 Å². The van der Waals surface area contributed by atoms with E-state index in [1.165, 1.54) is 4.90 Å². The second-order valence-electron chi connectivity index (χ2n) is 4.83. The van der Waals surface area contributed by atoms with Crippen LogP contribution in [0.5, 0.6) is 0 Å². The SMILES string of the molecule is O=C1CCCCn2nc3c(c21)CN(C(=O)O)CC3. The third-order valence-corrected chi connectivity index (χ3v) is 3.66. The number of rotatable bonds is 0. The number of Topliss-reactive ketones (excluding diaryl/α,β-unsaturated/α-hetero) is 1. The molecule has 3 heterocycles. The maximum Gasteiger partial charge on any atom is 0.407 e. The van der Waals surface area contributed by atoms with Crippen molar-refractivity contribution in [3.63, 3.8) is 0 Å². The van der Waals surface area contributed by atoms with Crippen LogP contribution in [0.1, 0.15) is 41.0 Å². The van der Waals surface area contributed by atoms with E-state index in [2.05, 4.69) is 5.10 Å². The highest BCUT2D eigenvalue weighted by Gasteiger charge is 2.30. The molecule has 1 amide bonds. The minimum atomic E-state index is -0.929. The third-order valence-electron chi connectivity index (χ3n) is 3.66. The van der Waals surface area contributed by atoms with Gasteiger partial charge in [-0.3, -0.25) is 9.48 Å². The summed E-state index contributed by atoms with van der Waals surface area (Å²) in [5.41, 5.74) is 2.38. The number of aryl methyl sites for hydroxylation is 1. The quantitative estimate of drug-likeness (QED) is 0.751. The van der Waals surface area contributed by atoms with Crippen molar-refractivity contribution in [3.8, 4) is 0 Å². The van der Waals surface area contributed by atoms with Crippen molar-refractivity contribution in [1.29, 1.82) is 0 Å². The molecule has 0 saturated carbocycles. The maximum atomic E-state index is 12.1. The van der Waals surface area contributed by atoms with Gasteiger partial charge in [-0.25, -0.2) is 4.79 Å². The molecule has 0 spiro atoms. The molecule has 0 bridgehead atoms. The van der Waals surface area contributed by atoms with Crippen molar-refractivity contribution < 1.29 is 14.7 Å². The van der Waals surface area contributed by atoms with Crippen LogP contribution in [0.25, 0.3) is 0 Å². The van der Waals surface area contributed by atoms with Gasteiger partial charge in [0.05, 0.1) is 12.2 Å². The zero-order valence-electron chi connectivity index (χ0n) is 10.1. The number of carboxylic acid groups (broad SMARTS) is 1. The fraction of sp³-hybridized carbons (Fsp3) is 0.583. The Morgan fingerprint density at radius 1 is 1.22 bits per heavy atom. The van der Waals surface area contributed by atoms with Crippen molar-refractivity contribution in [1.82, 2.24) is 14.7 Å². The second-order valence-corrected chi connectivity index (χ2v) is 4.83. The monoisotopic (exact) mass is 249 g/mol. The van der Waals surface area contributed by atoms with E-state index in [1.54, 1.807) is 4.68 Å². The molecular weight excluding hydrogens is 234 g/mol. The Bertz CT molecular complexity index is 521. The van der Waals surface area contributed by atoms with E-state index < -0.39 is 6.09 Å². The summed E-state index contributed by atoms with van der Waals surface area (Å²) in [6.45, 7) is 1.53. The molecule has 6 heteroatoms. The minimum Gasteiger partial charge on any atom is -0.465 e. The smallest absolute Gasteiger partial charge is 0.407 e. The van der Waals surface area contributed by atoms with Gasteiger partial charge in [-0.1, -0.05) is 0 Å². The largest absolute Gasteiger partial charge is 0.465 e. The Morgan fingerprint density at radius 3 is 2.83 bits per heavy atom. The van der Waals surface area contributed by atoms with E-state index in [9.17, 15) is 9.59 Å². The van der Waals surface area contributed by atoms with E-state index in [-0.39, 0.29) is 5.78 Å². The van der Waals surface area contributed by atoms with Crippen LogP contribution in [0.2, 0.25) is 0 Å². The molecule has 0 fully saturated rings. The Hall–Kier alpha value is -1.85. The number of carbonyl (C=O) groups is 2. The average Bonchev–Trinajstić information content (AvgIpc) is 2.61. The number of amides is 1. The van der Waals surface area contributed by atoms with Crippen LogP contribution in [0.4, 0.5) is 4.79 Å². The number of aromatic nitrogens is 2. The van der Waals surface area contributed by atoms with Crippen LogP contribution in [0, 0.1) is 0 Å². The van der Waals surface area contributed by atoms with Crippen LogP contribution >= 0.6 is 0 Å². The second kappa shape index (κ2) is 4.12. The molecule has 0 saturated heterocycles. The van der Waals surface area contributed by atoms with Crippen LogP contribution in [-0.2, 0) is 19.5 Å². The zero-order valence-corrected chi connectivity index (χ0v) is 10.1. The molecule has 2 aliphatic rings. The number of hydrogen-bond donors (Lipinski definition) is 1. The molecule has 96 valence electrons. The fourth-order valence-corrected chi connectivity index (χ4v) is 2.73. The van der Waals surface area contributed by atoms with Gasteiger partial charge in [-0.15, -0.1) is 0 Å². The Kier molecular flexibility index (Phi) is 2.57. The van der Waals surface area contributed by atoms with Crippen LogP contribution in [0.3, 0.4) is 0 Å². The van der Waals surface area contributed by atoms with Gasteiger partial charge in [0, 0.05) is 31.5 Å². The number of fused-ring (bicyclic) bond motifs is 3. The van der Waals surface area contributed by atoms with Crippen molar-refractivity contribution in [3.05, 3.63) is 17.0 Å².